The molecule has 0 aliphatic heterocycles. The first-order valence-electron chi connectivity index (χ1n) is 4.74. The van der Waals surface area contributed by atoms with Gasteiger partial charge < -0.3 is 5.11 Å². The minimum Gasteiger partial charge on any atom is -0.381 e. The summed E-state index contributed by atoms with van der Waals surface area (Å²) in [4.78, 5) is 0. The summed E-state index contributed by atoms with van der Waals surface area (Å²) in [5, 5.41) is 11.4. The van der Waals surface area contributed by atoms with Crippen LogP contribution in [0.25, 0.3) is 0 Å². The third-order valence-electron chi connectivity index (χ3n) is 2.38. The standard InChI is InChI=1S/C11H15F2NO/c1-11(2,6-14-7-15)8-3-4-9(12)10(13)5-8/h3-5,14-15H,6-7H2,1-2H3. The molecule has 0 aliphatic carbocycles. The summed E-state index contributed by atoms with van der Waals surface area (Å²) < 4.78 is 25.7. The number of nitrogens with one attached hydrogen (secondary N) is 1. The molecule has 0 spiro atoms. The molecule has 0 saturated carbocycles. The predicted octanol–water partition coefficient (Wildman–Crippen LogP) is 1.78. The van der Waals surface area contributed by atoms with Crippen LogP contribution in [0.5, 0.6) is 0 Å². The summed E-state index contributed by atoms with van der Waals surface area (Å²) in [6.45, 7) is 4.15. The van der Waals surface area contributed by atoms with E-state index in [1.54, 1.807) is 6.07 Å². The lowest BCUT2D eigenvalue weighted by Gasteiger charge is -2.25. The molecule has 84 valence electrons. The molecule has 4 heteroatoms. The molecule has 0 heterocycles. The van der Waals surface area contributed by atoms with Crippen molar-refractivity contribution in [3.05, 3.63) is 35.4 Å². The molecule has 1 aromatic rings. The Morgan fingerprint density at radius 1 is 1.27 bits per heavy atom. The largest absolute Gasteiger partial charge is 0.381 e. The molecule has 2 nitrogen and oxygen atoms in total. The first-order valence-corrected chi connectivity index (χ1v) is 4.74. The van der Waals surface area contributed by atoms with Crippen LogP contribution in [0.15, 0.2) is 18.2 Å². The Balaban J connectivity index is 2.89. The molecule has 0 aromatic heterocycles. The summed E-state index contributed by atoms with van der Waals surface area (Å²) >= 11 is 0. The fraction of sp³-hybridized carbons (Fsp3) is 0.455. The van der Waals surface area contributed by atoms with E-state index in [2.05, 4.69) is 5.32 Å². The van der Waals surface area contributed by atoms with Gasteiger partial charge in [-0.3, -0.25) is 5.32 Å². The monoisotopic (exact) mass is 215 g/mol. The second-order valence-electron chi connectivity index (χ2n) is 4.10. The number of hydrogen-bond acceptors (Lipinski definition) is 2. The van der Waals surface area contributed by atoms with Crippen molar-refractivity contribution >= 4 is 0 Å². The number of hydrogen-bond donors (Lipinski definition) is 2. The molecule has 0 amide bonds. The second kappa shape index (κ2) is 4.68. The van der Waals surface area contributed by atoms with Crippen LogP contribution >= 0.6 is 0 Å². The van der Waals surface area contributed by atoms with Crippen molar-refractivity contribution < 1.29 is 13.9 Å². The molecule has 15 heavy (non-hydrogen) atoms. The van der Waals surface area contributed by atoms with Crippen molar-refractivity contribution in [2.45, 2.75) is 19.3 Å². The molecule has 0 bridgehead atoms. The van der Waals surface area contributed by atoms with Gasteiger partial charge >= 0.3 is 0 Å². The van der Waals surface area contributed by atoms with E-state index >= 15 is 0 Å². The van der Waals surface area contributed by atoms with Crippen molar-refractivity contribution in [1.29, 1.82) is 0 Å². The highest BCUT2D eigenvalue weighted by atomic mass is 19.2. The minimum atomic E-state index is -0.843. The highest BCUT2D eigenvalue weighted by Gasteiger charge is 2.21. The van der Waals surface area contributed by atoms with E-state index in [1.807, 2.05) is 13.8 Å². The molecule has 2 N–H and O–H groups in total. The van der Waals surface area contributed by atoms with Gasteiger partial charge in [0.25, 0.3) is 0 Å². The van der Waals surface area contributed by atoms with Crippen molar-refractivity contribution in [2.75, 3.05) is 13.3 Å². The summed E-state index contributed by atoms with van der Waals surface area (Å²) in [7, 11) is 0. The van der Waals surface area contributed by atoms with Gasteiger partial charge in [-0.2, -0.15) is 0 Å². The van der Waals surface area contributed by atoms with Crippen LogP contribution in [-0.4, -0.2) is 18.4 Å². The van der Waals surface area contributed by atoms with Gasteiger partial charge in [-0.15, -0.1) is 0 Å². The van der Waals surface area contributed by atoms with E-state index in [1.165, 1.54) is 6.07 Å². The van der Waals surface area contributed by atoms with Gasteiger partial charge in [-0.05, 0) is 17.7 Å². The van der Waals surface area contributed by atoms with Gasteiger partial charge in [0, 0.05) is 12.0 Å². The third-order valence-corrected chi connectivity index (χ3v) is 2.38. The van der Waals surface area contributed by atoms with Crippen LogP contribution in [0, 0.1) is 11.6 Å². The van der Waals surface area contributed by atoms with Gasteiger partial charge in [-0.1, -0.05) is 19.9 Å². The average Bonchev–Trinajstić information content (AvgIpc) is 2.19. The lowest BCUT2D eigenvalue weighted by molar-refractivity contribution is 0.247. The normalized spacial score (nSPS) is 11.8. The molecule has 0 unspecified atom stereocenters. The Labute approximate surface area is 87.9 Å². The van der Waals surface area contributed by atoms with Crippen LogP contribution < -0.4 is 5.32 Å². The minimum absolute atomic E-state index is 0.132. The zero-order valence-electron chi connectivity index (χ0n) is 8.85. The van der Waals surface area contributed by atoms with Crippen LogP contribution in [-0.2, 0) is 5.41 Å². The van der Waals surface area contributed by atoms with Crippen molar-refractivity contribution in [3.8, 4) is 0 Å². The van der Waals surface area contributed by atoms with E-state index in [0.717, 1.165) is 6.07 Å². The molecule has 1 aromatic carbocycles. The molecule has 1 rings (SSSR count). The van der Waals surface area contributed by atoms with E-state index in [-0.39, 0.29) is 12.1 Å². The van der Waals surface area contributed by atoms with Gasteiger partial charge in [0.15, 0.2) is 11.6 Å². The van der Waals surface area contributed by atoms with E-state index in [9.17, 15) is 8.78 Å². The number of benzene rings is 1. The van der Waals surface area contributed by atoms with Gasteiger partial charge in [0.2, 0.25) is 0 Å². The highest BCUT2D eigenvalue weighted by molar-refractivity contribution is 5.25. The van der Waals surface area contributed by atoms with E-state index in [0.29, 0.717) is 12.1 Å². The number of aliphatic hydroxyl groups is 1. The Kier molecular flexibility index (Phi) is 3.77. The molecule has 0 radical (unpaired) electrons. The topological polar surface area (TPSA) is 32.3 Å². The first kappa shape index (κ1) is 12.1. The fourth-order valence-electron chi connectivity index (χ4n) is 1.39. The van der Waals surface area contributed by atoms with Crippen LogP contribution in [0.3, 0.4) is 0 Å². The van der Waals surface area contributed by atoms with Crippen molar-refractivity contribution in [1.82, 2.24) is 5.32 Å². The Hall–Kier alpha value is -1.00. The second-order valence-corrected chi connectivity index (χ2v) is 4.10. The number of halogens is 2. The predicted molar refractivity (Wildman–Crippen MR) is 54.5 cm³/mol. The SMILES string of the molecule is CC(C)(CNCO)c1ccc(F)c(F)c1. The Morgan fingerprint density at radius 2 is 1.93 bits per heavy atom. The van der Waals surface area contributed by atoms with Crippen LogP contribution in [0.2, 0.25) is 0 Å². The molecule has 0 saturated heterocycles. The lowest BCUT2D eigenvalue weighted by Crippen LogP contribution is -2.33. The molecular weight excluding hydrogens is 200 g/mol. The quantitative estimate of drug-likeness (QED) is 0.750. The van der Waals surface area contributed by atoms with Gasteiger partial charge in [-0.25, -0.2) is 8.78 Å². The van der Waals surface area contributed by atoms with Crippen molar-refractivity contribution in [2.24, 2.45) is 0 Å². The summed E-state index contributed by atoms with van der Waals surface area (Å²) in [5.41, 5.74) is 0.347. The van der Waals surface area contributed by atoms with Crippen LogP contribution in [0.4, 0.5) is 8.78 Å². The molecule has 0 aliphatic rings. The zero-order chi connectivity index (χ0) is 11.5. The maximum absolute atomic E-state index is 13.0. The van der Waals surface area contributed by atoms with Crippen LogP contribution in [0.1, 0.15) is 19.4 Å². The first-order chi connectivity index (χ1) is 6.97. The van der Waals surface area contributed by atoms with Gasteiger partial charge in [0.1, 0.15) is 0 Å². The van der Waals surface area contributed by atoms with E-state index < -0.39 is 11.6 Å². The molecule has 0 fully saturated rings. The average molecular weight is 215 g/mol. The van der Waals surface area contributed by atoms with E-state index in [4.69, 9.17) is 5.11 Å². The lowest BCUT2D eigenvalue weighted by atomic mass is 9.84. The smallest absolute Gasteiger partial charge is 0.159 e. The third kappa shape index (κ3) is 2.97. The maximum Gasteiger partial charge on any atom is 0.159 e. The zero-order valence-corrected chi connectivity index (χ0v) is 8.85. The maximum atomic E-state index is 13.0. The Morgan fingerprint density at radius 3 is 2.47 bits per heavy atom. The summed E-state index contributed by atoms with van der Waals surface area (Å²) in [5.74, 6) is -1.69. The van der Waals surface area contributed by atoms with Gasteiger partial charge in [0.05, 0.1) is 6.73 Å². The number of aliphatic hydroxyl groups excluding tert-OH is 1. The molecular formula is C11H15F2NO. The molecule has 0 atom stereocenters. The highest BCUT2D eigenvalue weighted by Crippen LogP contribution is 2.23. The fourth-order valence-corrected chi connectivity index (χ4v) is 1.39. The summed E-state index contributed by atoms with van der Waals surface area (Å²) in [6, 6.07) is 3.86. The summed E-state index contributed by atoms with van der Waals surface area (Å²) in [6.07, 6.45) is 0. The van der Waals surface area contributed by atoms with Crippen molar-refractivity contribution in [3.63, 3.8) is 0 Å². The number of rotatable bonds is 4. The Bertz CT molecular complexity index is 339.